The van der Waals surface area contributed by atoms with Gasteiger partial charge in [-0.3, -0.25) is 9.78 Å². The summed E-state index contributed by atoms with van der Waals surface area (Å²) in [6, 6.07) is 11.1. The first-order valence-corrected chi connectivity index (χ1v) is 6.89. The van der Waals surface area contributed by atoms with Crippen molar-refractivity contribution in [2.75, 3.05) is 0 Å². The molecule has 2 aromatic rings. The molecule has 0 spiro atoms. The highest BCUT2D eigenvalue weighted by molar-refractivity contribution is 6.09. The number of nitrogens with zero attached hydrogens (tertiary/aromatic N) is 1. The SMILES string of the molecule is Cc1ccc(C(=O)c2cccc(OC3CC3)c2)c(C)n1. The molecule has 1 fully saturated rings. The van der Waals surface area contributed by atoms with Gasteiger partial charge in [0, 0.05) is 22.5 Å². The van der Waals surface area contributed by atoms with Gasteiger partial charge in [0.05, 0.1) is 6.10 Å². The summed E-state index contributed by atoms with van der Waals surface area (Å²) < 4.78 is 5.73. The molecule has 3 heteroatoms. The molecule has 1 aliphatic carbocycles. The molecule has 0 amide bonds. The van der Waals surface area contributed by atoms with E-state index in [0.717, 1.165) is 30.0 Å². The third kappa shape index (κ3) is 2.72. The Bertz CT molecular complexity index is 660. The maximum absolute atomic E-state index is 12.5. The molecule has 0 unspecified atom stereocenters. The van der Waals surface area contributed by atoms with Gasteiger partial charge in [0.25, 0.3) is 0 Å². The van der Waals surface area contributed by atoms with Gasteiger partial charge in [-0.1, -0.05) is 12.1 Å². The van der Waals surface area contributed by atoms with Crippen LogP contribution in [0.2, 0.25) is 0 Å². The zero-order valence-electron chi connectivity index (χ0n) is 11.7. The minimum atomic E-state index is -0.00348. The number of rotatable bonds is 4. The second-order valence-corrected chi connectivity index (χ2v) is 5.26. The van der Waals surface area contributed by atoms with Crippen molar-refractivity contribution in [2.45, 2.75) is 32.8 Å². The molecule has 0 N–H and O–H groups in total. The second kappa shape index (κ2) is 5.08. The quantitative estimate of drug-likeness (QED) is 0.796. The molecule has 0 saturated heterocycles. The molecule has 102 valence electrons. The van der Waals surface area contributed by atoms with Gasteiger partial charge in [-0.15, -0.1) is 0 Å². The Morgan fingerprint density at radius 1 is 1.20 bits per heavy atom. The number of benzene rings is 1. The van der Waals surface area contributed by atoms with Gasteiger partial charge in [0.15, 0.2) is 5.78 Å². The van der Waals surface area contributed by atoms with Crippen LogP contribution >= 0.6 is 0 Å². The van der Waals surface area contributed by atoms with Crippen LogP contribution in [-0.2, 0) is 0 Å². The predicted molar refractivity (Wildman–Crippen MR) is 77.2 cm³/mol. The van der Waals surface area contributed by atoms with Crippen molar-refractivity contribution in [1.82, 2.24) is 4.98 Å². The monoisotopic (exact) mass is 267 g/mol. The van der Waals surface area contributed by atoms with Gasteiger partial charge in [0.2, 0.25) is 0 Å². The van der Waals surface area contributed by atoms with Crippen molar-refractivity contribution in [3.05, 3.63) is 58.9 Å². The number of pyridine rings is 1. The average Bonchev–Trinajstić information content (AvgIpc) is 3.22. The fourth-order valence-corrected chi connectivity index (χ4v) is 2.17. The van der Waals surface area contributed by atoms with E-state index in [-0.39, 0.29) is 5.78 Å². The molecule has 0 bridgehead atoms. The normalized spacial score (nSPS) is 14.1. The number of aromatic nitrogens is 1. The predicted octanol–water partition coefficient (Wildman–Crippen LogP) is 3.47. The minimum absolute atomic E-state index is 0.00348. The summed E-state index contributed by atoms with van der Waals surface area (Å²) in [6.07, 6.45) is 2.56. The summed E-state index contributed by atoms with van der Waals surface area (Å²) in [5.41, 5.74) is 2.99. The van der Waals surface area contributed by atoms with E-state index in [2.05, 4.69) is 4.98 Å². The number of ether oxygens (including phenoxy) is 1. The fourth-order valence-electron chi connectivity index (χ4n) is 2.17. The first-order valence-electron chi connectivity index (χ1n) is 6.89. The Morgan fingerprint density at radius 2 is 2.00 bits per heavy atom. The van der Waals surface area contributed by atoms with Gasteiger partial charge in [-0.05, 0) is 51.0 Å². The van der Waals surface area contributed by atoms with Gasteiger partial charge in [0.1, 0.15) is 5.75 Å². The molecular formula is C17H17NO2. The summed E-state index contributed by atoms with van der Waals surface area (Å²) in [4.78, 5) is 16.9. The van der Waals surface area contributed by atoms with Crippen LogP contribution in [0, 0.1) is 13.8 Å². The van der Waals surface area contributed by atoms with E-state index in [1.165, 1.54) is 0 Å². The molecule has 0 aliphatic heterocycles. The Balaban J connectivity index is 1.89. The van der Waals surface area contributed by atoms with Crippen LogP contribution in [0.1, 0.15) is 40.2 Å². The summed E-state index contributed by atoms with van der Waals surface area (Å²) in [7, 11) is 0. The molecule has 1 aromatic carbocycles. The van der Waals surface area contributed by atoms with Gasteiger partial charge in [-0.25, -0.2) is 0 Å². The summed E-state index contributed by atoms with van der Waals surface area (Å²) in [6.45, 7) is 3.79. The van der Waals surface area contributed by atoms with Crippen LogP contribution in [0.15, 0.2) is 36.4 Å². The number of ketones is 1. The molecule has 0 radical (unpaired) electrons. The molecule has 1 saturated carbocycles. The van der Waals surface area contributed by atoms with Gasteiger partial charge >= 0.3 is 0 Å². The van der Waals surface area contributed by atoms with Gasteiger partial charge in [-0.2, -0.15) is 0 Å². The topological polar surface area (TPSA) is 39.2 Å². The minimum Gasteiger partial charge on any atom is -0.490 e. The molecule has 1 aromatic heterocycles. The van der Waals surface area contributed by atoms with Crippen molar-refractivity contribution in [2.24, 2.45) is 0 Å². The van der Waals surface area contributed by atoms with Crippen LogP contribution in [-0.4, -0.2) is 16.9 Å². The lowest BCUT2D eigenvalue weighted by Gasteiger charge is -2.08. The summed E-state index contributed by atoms with van der Waals surface area (Å²) in [5, 5.41) is 0. The van der Waals surface area contributed by atoms with E-state index in [1.54, 1.807) is 0 Å². The number of carbonyl (C=O) groups excluding carboxylic acids is 1. The number of aryl methyl sites for hydroxylation is 2. The smallest absolute Gasteiger partial charge is 0.194 e. The highest BCUT2D eigenvalue weighted by Gasteiger charge is 2.23. The van der Waals surface area contributed by atoms with Crippen molar-refractivity contribution < 1.29 is 9.53 Å². The third-order valence-corrected chi connectivity index (χ3v) is 3.39. The lowest BCUT2D eigenvalue weighted by molar-refractivity contribution is 0.103. The molecule has 3 nitrogen and oxygen atoms in total. The fraction of sp³-hybridized carbons (Fsp3) is 0.294. The molecule has 0 atom stereocenters. The lowest BCUT2D eigenvalue weighted by Crippen LogP contribution is -2.06. The molecule has 20 heavy (non-hydrogen) atoms. The summed E-state index contributed by atoms with van der Waals surface area (Å²) in [5.74, 6) is 0.771. The number of hydrogen-bond donors (Lipinski definition) is 0. The largest absolute Gasteiger partial charge is 0.490 e. The van der Waals surface area contributed by atoms with Crippen molar-refractivity contribution in [3.8, 4) is 5.75 Å². The van der Waals surface area contributed by atoms with Crippen molar-refractivity contribution >= 4 is 5.78 Å². The highest BCUT2D eigenvalue weighted by Crippen LogP contribution is 2.27. The zero-order chi connectivity index (χ0) is 14.1. The zero-order valence-corrected chi connectivity index (χ0v) is 11.7. The second-order valence-electron chi connectivity index (χ2n) is 5.26. The van der Waals surface area contributed by atoms with Crippen LogP contribution in [0.3, 0.4) is 0 Å². The number of carbonyl (C=O) groups is 1. The molecule has 3 rings (SSSR count). The Kier molecular flexibility index (Phi) is 3.26. The van der Waals surface area contributed by atoms with Crippen LogP contribution in [0.4, 0.5) is 0 Å². The molecule has 1 heterocycles. The Labute approximate surface area is 118 Å². The van der Waals surface area contributed by atoms with Crippen LogP contribution < -0.4 is 4.74 Å². The molecular weight excluding hydrogens is 250 g/mol. The van der Waals surface area contributed by atoms with Gasteiger partial charge < -0.3 is 4.74 Å². The standard InChI is InChI=1S/C17H17NO2/c1-11-6-9-16(12(2)18-11)17(19)13-4-3-5-15(10-13)20-14-7-8-14/h3-6,9-10,14H,7-8H2,1-2H3. The first kappa shape index (κ1) is 12.9. The van der Waals surface area contributed by atoms with E-state index in [4.69, 9.17) is 4.74 Å². The van der Waals surface area contributed by atoms with E-state index in [9.17, 15) is 4.79 Å². The van der Waals surface area contributed by atoms with Crippen LogP contribution in [0.5, 0.6) is 5.75 Å². The number of hydrogen-bond acceptors (Lipinski definition) is 3. The van der Waals surface area contributed by atoms with E-state index >= 15 is 0 Å². The average molecular weight is 267 g/mol. The van der Waals surface area contributed by atoms with E-state index < -0.39 is 0 Å². The van der Waals surface area contributed by atoms with E-state index in [0.29, 0.717) is 17.2 Å². The van der Waals surface area contributed by atoms with Crippen LogP contribution in [0.25, 0.3) is 0 Å². The van der Waals surface area contributed by atoms with Crippen molar-refractivity contribution in [1.29, 1.82) is 0 Å². The Hall–Kier alpha value is -2.16. The first-order chi connectivity index (χ1) is 9.63. The van der Waals surface area contributed by atoms with E-state index in [1.807, 2.05) is 50.2 Å². The van der Waals surface area contributed by atoms with Crippen molar-refractivity contribution in [3.63, 3.8) is 0 Å². The third-order valence-electron chi connectivity index (χ3n) is 3.39. The lowest BCUT2D eigenvalue weighted by atomic mass is 10.0. The highest BCUT2D eigenvalue weighted by atomic mass is 16.5. The molecule has 1 aliphatic rings. The Morgan fingerprint density at radius 3 is 2.70 bits per heavy atom. The maximum atomic E-state index is 12.5. The maximum Gasteiger partial charge on any atom is 0.194 e. The summed E-state index contributed by atoms with van der Waals surface area (Å²) >= 11 is 0.